The predicted molar refractivity (Wildman–Crippen MR) is 182 cm³/mol. The van der Waals surface area contributed by atoms with Crippen molar-refractivity contribution >= 4 is 21.5 Å². The van der Waals surface area contributed by atoms with E-state index >= 15 is 0 Å². The Morgan fingerprint density at radius 2 is 1.25 bits per heavy atom. The fourth-order valence-electron chi connectivity index (χ4n) is 8.17. The number of aryl methyl sites for hydroxylation is 1. The van der Waals surface area contributed by atoms with Gasteiger partial charge in [-0.3, -0.25) is 10.3 Å². The van der Waals surface area contributed by atoms with E-state index in [0.717, 1.165) is 12.1 Å². The predicted octanol–water partition coefficient (Wildman–Crippen LogP) is 9.91. The van der Waals surface area contributed by atoms with Crippen LogP contribution >= 0.6 is 0 Å². The Bertz CT molecular complexity index is 2200. The minimum Gasteiger partial charge on any atom is -0.299 e. The Labute approximate surface area is 258 Å². The van der Waals surface area contributed by atoms with Crippen molar-refractivity contribution in [3.8, 4) is 22.3 Å². The van der Waals surface area contributed by atoms with Gasteiger partial charge in [-0.1, -0.05) is 127 Å². The van der Waals surface area contributed by atoms with E-state index in [9.17, 15) is 0 Å². The Hall–Kier alpha value is -5.05. The zero-order valence-corrected chi connectivity index (χ0v) is 24.7. The van der Waals surface area contributed by atoms with Crippen LogP contribution in [-0.4, -0.2) is 4.98 Å². The number of hydrogen-bond acceptors (Lipinski definition) is 2. The molecular weight excluding hydrogens is 532 g/mol. The van der Waals surface area contributed by atoms with Crippen molar-refractivity contribution in [1.29, 1.82) is 0 Å². The highest BCUT2D eigenvalue weighted by molar-refractivity contribution is 6.14. The Kier molecular flexibility index (Phi) is 5.48. The van der Waals surface area contributed by atoms with Crippen LogP contribution in [0.2, 0.25) is 0 Å². The molecule has 1 saturated heterocycles. The number of rotatable bonds is 5. The van der Waals surface area contributed by atoms with Gasteiger partial charge in [0.05, 0.1) is 5.54 Å². The first kappa shape index (κ1) is 25.4. The Morgan fingerprint density at radius 3 is 2.02 bits per heavy atom. The third-order valence-electron chi connectivity index (χ3n) is 10.3. The number of nitrogens with zero attached hydrogens (tertiary/aromatic N) is 1. The van der Waals surface area contributed by atoms with E-state index in [2.05, 4.69) is 158 Å². The summed E-state index contributed by atoms with van der Waals surface area (Å²) in [6.45, 7) is 2.12. The summed E-state index contributed by atoms with van der Waals surface area (Å²) in [5.74, 6) is 0. The van der Waals surface area contributed by atoms with E-state index in [1.165, 1.54) is 60.5 Å². The van der Waals surface area contributed by atoms with Gasteiger partial charge in [-0.05, 0) is 86.5 Å². The van der Waals surface area contributed by atoms with Crippen LogP contribution in [0, 0.1) is 6.92 Å². The lowest BCUT2D eigenvalue weighted by Crippen LogP contribution is -2.55. The summed E-state index contributed by atoms with van der Waals surface area (Å²) < 4.78 is 0. The molecule has 210 valence electrons. The SMILES string of the molecule is Cc1ncccc1-c1cc(-c2cc3ccccc3c3ccccc23)cc(C23CC2(c2ccccc2)NC3c2ccccc2)c1. The molecular formula is C42H32N2. The molecule has 44 heavy (non-hydrogen) atoms. The maximum absolute atomic E-state index is 4.70. The number of aromatic nitrogens is 1. The van der Waals surface area contributed by atoms with Crippen LogP contribution in [0.15, 0.2) is 152 Å². The molecule has 2 heterocycles. The second-order valence-corrected chi connectivity index (χ2v) is 12.5. The van der Waals surface area contributed by atoms with Crippen molar-refractivity contribution in [3.05, 3.63) is 174 Å². The number of pyridine rings is 1. The molecule has 1 aliphatic carbocycles. The summed E-state index contributed by atoms with van der Waals surface area (Å²) in [5.41, 5.74) is 9.96. The first-order chi connectivity index (χ1) is 21.7. The van der Waals surface area contributed by atoms with Crippen LogP contribution in [0.4, 0.5) is 0 Å². The molecule has 2 heteroatoms. The maximum Gasteiger partial charge on any atom is 0.0566 e. The largest absolute Gasteiger partial charge is 0.299 e. The molecule has 0 radical (unpaired) electrons. The molecule has 2 aliphatic rings. The normalized spacial score (nSPS) is 22.0. The van der Waals surface area contributed by atoms with Crippen molar-refractivity contribution in [2.24, 2.45) is 0 Å². The highest BCUT2D eigenvalue weighted by atomic mass is 15.2. The summed E-state index contributed by atoms with van der Waals surface area (Å²) in [6, 6.07) is 53.9. The van der Waals surface area contributed by atoms with E-state index in [1.807, 2.05) is 6.20 Å². The molecule has 7 aromatic rings. The monoisotopic (exact) mass is 564 g/mol. The summed E-state index contributed by atoms with van der Waals surface area (Å²) >= 11 is 0. The lowest BCUT2D eigenvalue weighted by Gasteiger charge is -2.47. The fraction of sp³-hybridized carbons (Fsp3) is 0.119. The third-order valence-corrected chi connectivity index (χ3v) is 10.3. The zero-order chi connectivity index (χ0) is 29.3. The van der Waals surface area contributed by atoms with Gasteiger partial charge >= 0.3 is 0 Å². The lowest BCUT2D eigenvalue weighted by atomic mass is 9.70. The molecule has 3 atom stereocenters. The van der Waals surface area contributed by atoms with Gasteiger partial charge in [0.25, 0.3) is 0 Å². The van der Waals surface area contributed by atoms with Crippen molar-refractivity contribution in [3.63, 3.8) is 0 Å². The van der Waals surface area contributed by atoms with Gasteiger partial charge in [-0.25, -0.2) is 0 Å². The van der Waals surface area contributed by atoms with Gasteiger partial charge in [0, 0.05) is 28.9 Å². The Balaban J connectivity index is 1.32. The van der Waals surface area contributed by atoms with Gasteiger partial charge in [0.15, 0.2) is 0 Å². The van der Waals surface area contributed by atoms with Gasteiger partial charge in [-0.2, -0.15) is 0 Å². The van der Waals surface area contributed by atoms with Gasteiger partial charge in [0.1, 0.15) is 0 Å². The van der Waals surface area contributed by atoms with Crippen molar-refractivity contribution in [1.82, 2.24) is 10.3 Å². The number of hydrogen-bond donors (Lipinski definition) is 1. The van der Waals surface area contributed by atoms with E-state index < -0.39 is 0 Å². The molecule has 9 rings (SSSR count). The zero-order valence-electron chi connectivity index (χ0n) is 24.7. The molecule has 0 spiro atoms. The van der Waals surface area contributed by atoms with E-state index in [1.54, 1.807) is 0 Å². The van der Waals surface area contributed by atoms with Crippen molar-refractivity contribution < 1.29 is 0 Å². The van der Waals surface area contributed by atoms with E-state index in [0.29, 0.717) is 0 Å². The molecule has 6 aromatic carbocycles. The Morgan fingerprint density at radius 1 is 0.591 bits per heavy atom. The molecule has 0 amide bonds. The van der Waals surface area contributed by atoms with Gasteiger partial charge in [-0.15, -0.1) is 0 Å². The van der Waals surface area contributed by atoms with Crippen LogP contribution in [0.5, 0.6) is 0 Å². The summed E-state index contributed by atoms with van der Waals surface area (Å²) in [7, 11) is 0. The molecule has 2 fully saturated rings. The summed E-state index contributed by atoms with van der Waals surface area (Å²) in [6.07, 6.45) is 2.96. The number of fused-ring (bicyclic) bond motifs is 4. The topological polar surface area (TPSA) is 24.9 Å². The lowest BCUT2D eigenvalue weighted by molar-refractivity contribution is 0.214. The van der Waals surface area contributed by atoms with Crippen LogP contribution in [0.25, 0.3) is 43.8 Å². The van der Waals surface area contributed by atoms with E-state index in [4.69, 9.17) is 4.98 Å². The minimum absolute atomic E-state index is 0.0523. The molecule has 2 nitrogen and oxygen atoms in total. The second-order valence-electron chi connectivity index (χ2n) is 12.5. The fourth-order valence-corrected chi connectivity index (χ4v) is 8.17. The van der Waals surface area contributed by atoms with Crippen LogP contribution in [0.3, 0.4) is 0 Å². The van der Waals surface area contributed by atoms with E-state index in [-0.39, 0.29) is 17.0 Å². The highest BCUT2D eigenvalue weighted by Gasteiger charge is 2.80. The second kappa shape index (κ2) is 9.47. The number of benzene rings is 6. The molecule has 1 aromatic heterocycles. The quantitative estimate of drug-likeness (QED) is 0.211. The average Bonchev–Trinajstić information content (AvgIpc) is 3.63. The van der Waals surface area contributed by atoms with Crippen molar-refractivity contribution in [2.45, 2.75) is 30.3 Å². The van der Waals surface area contributed by atoms with Crippen LogP contribution in [0.1, 0.15) is 34.8 Å². The first-order valence-corrected chi connectivity index (χ1v) is 15.5. The minimum atomic E-state index is -0.0832. The molecule has 1 N–H and O–H groups in total. The molecule has 3 unspecified atom stereocenters. The highest BCUT2D eigenvalue weighted by Crippen LogP contribution is 2.77. The number of nitrogens with one attached hydrogen (secondary N) is 1. The molecule has 0 bridgehead atoms. The van der Waals surface area contributed by atoms with Crippen LogP contribution in [-0.2, 0) is 11.0 Å². The van der Waals surface area contributed by atoms with Crippen molar-refractivity contribution in [2.75, 3.05) is 0 Å². The standard InChI is InChI=1S/C42H32N2/c1-28-35(21-12-22-43-28)31-23-32(39-26-30-15-8-9-18-36(30)37-19-10-11-20-38(37)39)25-34(24-31)41-27-42(41,33-16-6-3-7-17-33)44-40(41)29-13-4-2-5-14-29/h2-26,40,44H,27H2,1H3. The molecule has 1 aliphatic heterocycles. The van der Waals surface area contributed by atoms with Gasteiger partial charge < -0.3 is 0 Å². The maximum atomic E-state index is 4.70. The first-order valence-electron chi connectivity index (χ1n) is 15.5. The molecule has 1 saturated carbocycles. The third kappa shape index (κ3) is 3.55. The summed E-state index contributed by atoms with van der Waals surface area (Å²) in [5, 5.41) is 9.21. The van der Waals surface area contributed by atoms with Gasteiger partial charge in [0.2, 0.25) is 0 Å². The average molecular weight is 565 g/mol. The summed E-state index contributed by atoms with van der Waals surface area (Å²) in [4.78, 5) is 4.70. The van der Waals surface area contributed by atoms with Crippen LogP contribution < -0.4 is 5.32 Å². The smallest absolute Gasteiger partial charge is 0.0566 e.